The summed E-state index contributed by atoms with van der Waals surface area (Å²) in [6, 6.07) is 20.7. The normalized spacial score (nSPS) is 18.3. The van der Waals surface area contributed by atoms with Crippen LogP contribution in [0.15, 0.2) is 60.7 Å². The second-order valence-electron chi connectivity index (χ2n) is 14.3. The molecule has 9 heteroatoms. The predicted molar refractivity (Wildman–Crippen MR) is 203 cm³/mol. The number of hydrogen-bond acceptors (Lipinski definition) is 8. The summed E-state index contributed by atoms with van der Waals surface area (Å²) in [6.07, 6.45) is 6.31. The van der Waals surface area contributed by atoms with Crippen molar-refractivity contribution in [3.63, 3.8) is 0 Å². The van der Waals surface area contributed by atoms with Crippen molar-refractivity contribution >= 4 is 5.91 Å². The van der Waals surface area contributed by atoms with E-state index >= 15 is 0 Å². The zero-order valence-corrected chi connectivity index (χ0v) is 31.3. The van der Waals surface area contributed by atoms with E-state index in [-0.39, 0.29) is 18.0 Å². The first-order valence-electron chi connectivity index (χ1n) is 18.6. The van der Waals surface area contributed by atoms with Crippen molar-refractivity contribution in [1.29, 1.82) is 0 Å². The van der Waals surface area contributed by atoms with Crippen LogP contribution in [0.3, 0.4) is 0 Å². The van der Waals surface area contributed by atoms with Gasteiger partial charge in [-0.15, -0.1) is 0 Å². The summed E-state index contributed by atoms with van der Waals surface area (Å²) in [4.78, 5) is 18.3. The average Bonchev–Trinajstić information content (AvgIpc) is 3.15. The van der Waals surface area contributed by atoms with Gasteiger partial charge in [-0.2, -0.15) is 0 Å². The lowest BCUT2D eigenvalue weighted by atomic mass is 9.87. The summed E-state index contributed by atoms with van der Waals surface area (Å²) in [5.74, 6) is 4.23. The molecule has 0 spiro atoms. The molecule has 2 atom stereocenters. The largest absolute Gasteiger partial charge is 0.493 e. The van der Waals surface area contributed by atoms with Crippen LogP contribution in [0.1, 0.15) is 82.0 Å². The van der Waals surface area contributed by atoms with Crippen molar-refractivity contribution in [2.75, 3.05) is 55.1 Å². The van der Waals surface area contributed by atoms with Crippen LogP contribution in [0.2, 0.25) is 0 Å². The van der Waals surface area contributed by atoms with Gasteiger partial charge >= 0.3 is 0 Å². The van der Waals surface area contributed by atoms with E-state index in [4.69, 9.17) is 23.7 Å². The monoisotopic (exact) mass is 705 g/mol. The van der Waals surface area contributed by atoms with Crippen molar-refractivity contribution in [2.24, 2.45) is 0 Å². The highest BCUT2D eigenvalue weighted by molar-refractivity contribution is 5.97. The Balaban J connectivity index is 1.41. The highest BCUT2D eigenvalue weighted by Crippen LogP contribution is 2.52. The Morgan fingerprint density at radius 1 is 0.769 bits per heavy atom. The molecule has 0 saturated heterocycles. The fraction of sp³-hybridized carbons (Fsp3) is 0.419. The van der Waals surface area contributed by atoms with Crippen LogP contribution in [-0.4, -0.2) is 70.8 Å². The quantitative estimate of drug-likeness (QED) is 0.185. The van der Waals surface area contributed by atoms with E-state index in [0.717, 1.165) is 68.3 Å². The summed E-state index contributed by atoms with van der Waals surface area (Å²) in [6.45, 7) is 4.58. The number of methoxy groups -OCH3 is 3. The van der Waals surface area contributed by atoms with Gasteiger partial charge in [0.2, 0.25) is 5.75 Å². The van der Waals surface area contributed by atoms with E-state index in [2.05, 4.69) is 66.5 Å². The van der Waals surface area contributed by atoms with Crippen molar-refractivity contribution in [3.8, 4) is 40.2 Å². The Labute approximate surface area is 307 Å². The molecule has 6 bridgehead atoms. The van der Waals surface area contributed by atoms with Gasteiger partial charge in [0.15, 0.2) is 23.0 Å². The number of nitrogens with zero attached hydrogens (tertiary/aromatic N) is 2. The van der Waals surface area contributed by atoms with Crippen LogP contribution in [0.5, 0.6) is 40.2 Å². The number of fused-ring (bicyclic) bond motifs is 2. The molecule has 0 aromatic heterocycles. The zero-order valence-electron chi connectivity index (χ0n) is 31.3. The van der Waals surface area contributed by atoms with E-state index in [1.54, 1.807) is 21.3 Å². The number of carbonyl (C=O) groups excluding carboxylic acids is 1. The standard InChI is InChI=1S/C43H51N3O6/c1-7-8-9-18-44-43(47)32-15-12-28-22-35-40-30(17-20-46(35)3)25-39(49-5)41(50-6)42(40)52-38-26-33-29(24-37(38)48-4)16-19-45(2)34(33)21-27-10-13-31(14-11-27)51-36(32)23-28/h10-15,23-26,34-35H,7-9,16-22H2,1-6H3,(H,44,47)/t34-,35+/m0/s1. The molecular formula is C43H51N3O6. The lowest BCUT2D eigenvalue weighted by Gasteiger charge is -2.37. The summed E-state index contributed by atoms with van der Waals surface area (Å²) >= 11 is 0. The number of likely N-dealkylation sites (N-methyl/N-ethyl adjacent to an activating group) is 2. The third-order valence-electron chi connectivity index (χ3n) is 11.0. The molecule has 52 heavy (non-hydrogen) atoms. The first kappa shape index (κ1) is 35.7. The first-order valence-corrected chi connectivity index (χ1v) is 18.6. The summed E-state index contributed by atoms with van der Waals surface area (Å²) in [5.41, 5.74) is 7.44. The first-order chi connectivity index (χ1) is 25.3. The van der Waals surface area contributed by atoms with Crippen molar-refractivity contribution in [3.05, 3.63) is 99.6 Å². The smallest absolute Gasteiger partial charge is 0.255 e. The molecular weight excluding hydrogens is 654 g/mol. The summed E-state index contributed by atoms with van der Waals surface area (Å²) < 4.78 is 31.6. The topological polar surface area (TPSA) is 81.7 Å². The Morgan fingerprint density at radius 3 is 2.19 bits per heavy atom. The fourth-order valence-corrected chi connectivity index (χ4v) is 7.99. The summed E-state index contributed by atoms with van der Waals surface area (Å²) in [7, 11) is 9.36. The lowest BCUT2D eigenvalue weighted by molar-refractivity contribution is 0.0950. The Bertz CT molecular complexity index is 1930. The van der Waals surface area contributed by atoms with Crippen LogP contribution in [0, 0.1) is 0 Å². The van der Waals surface area contributed by atoms with Gasteiger partial charge in [0.05, 0.1) is 26.9 Å². The molecule has 0 fully saturated rings. The average molecular weight is 706 g/mol. The fourth-order valence-electron chi connectivity index (χ4n) is 7.99. The van der Waals surface area contributed by atoms with Crippen LogP contribution in [0.4, 0.5) is 0 Å². The van der Waals surface area contributed by atoms with Gasteiger partial charge in [-0.05, 0) is 116 Å². The molecule has 4 aromatic rings. The second kappa shape index (κ2) is 15.5. The SMILES string of the molecule is CCCCCNC(=O)c1ccc2cc1Oc1ccc(cc1)C[C@H]1c3cc(c(OC)cc3CCN1C)Oc1c(OC)c(OC)cc3c1[C@@H](C2)N(C)CC3. The van der Waals surface area contributed by atoms with E-state index in [0.29, 0.717) is 58.8 Å². The molecule has 274 valence electrons. The number of unbranched alkanes of at least 4 members (excludes halogenated alkanes) is 2. The summed E-state index contributed by atoms with van der Waals surface area (Å²) in [5, 5.41) is 3.11. The molecule has 1 amide bonds. The lowest BCUT2D eigenvalue weighted by Crippen LogP contribution is -2.34. The Kier molecular flexibility index (Phi) is 10.6. The number of hydrogen-bond donors (Lipinski definition) is 1. The molecule has 8 rings (SSSR count). The number of carbonyl (C=O) groups is 1. The van der Waals surface area contributed by atoms with Crippen molar-refractivity contribution in [2.45, 2.75) is 64.0 Å². The maximum absolute atomic E-state index is 13.5. The molecule has 4 heterocycles. The Morgan fingerprint density at radius 2 is 1.46 bits per heavy atom. The maximum Gasteiger partial charge on any atom is 0.255 e. The third kappa shape index (κ3) is 7.04. The predicted octanol–water partition coefficient (Wildman–Crippen LogP) is 8.07. The van der Waals surface area contributed by atoms with E-state index in [1.165, 1.54) is 16.7 Å². The Hall–Kier alpha value is -4.73. The van der Waals surface area contributed by atoms with Crippen LogP contribution in [-0.2, 0) is 25.7 Å². The highest BCUT2D eigenvalue weighted by Gasteiger charge is 2.35. The number of rotatable bonds is 8. The molecule has 0 aliphatic carbocycles. The molecule has 0 radical (unpaired) electrons. The minimum atomic E-state index is -0.129. The number of ether oxygens (including phenoxy) is 5. The second-order valence-corrected chi connectivity index (χ2v) is 14.3. The van der Waals surface area contributed by atoms with Crippen molar-refractivity contribution < 1.29 is 28.5 Å². The molecule has 4 aliphatic heterocycles. The van der Waals surface area contributed by atoms with Gasteiger partial charge in [0, 0.05) is 37.3 Å². The van der Waals surface area contributed by atoms with E-state index in [1.807, 2.05) is 30.3 Å². The van der Waals surface area contributed by atoms with Crippen LogP contribution >= 0.6 is 0 Å². The number of nitrogens with one attached hydrogen (secondary N) is 1. The minimum absolute atomic E-state index is 0.0687. The molecule has 4 aromatic carbocycles. The molecule has 1 N–H and O–H groups in total. The third-order valence-corrected chi connectivity index (χ3v) is 11.0. The van der Waals surface area contributed by atoms with Crippen molar-refractivity contribution in [1.82, 2.24) is 15.1 Å². The maximum atomic E-state index is 13.5. The highest BCUT2D eigenvalue weighted by atomic mass is 16.5. The molecule has 0 unspecified atom stereocenters. The zero-order chi connectivity index (χ0) is 36.4. The molecule has 0 saturated carbocycles. The minimum Gasteiger partial charge on any atom is -0.493 e. The van der Waals surface area contributed by atoms with Crippen LogP contribution in [0.25, 0.3) is 0 Å². The number of benzene rings is 4. The van der Waals surface area contributed by atoms with E-state index in [9.17, 15) is 4.79 Å². The molecule has 4 aliphatic rings. The van der Waals surface area contributed by atoms with Crippen LogP contribution < -0.4 is 29.0 Å². The van der Waals surface area contributed by atoms with Gasteiger partial charge in [0.25, 0.3) is 5.91 Å². The van der Waals surface area contributed by atoms with Gasteiger partial charge in [-0.1, -0.05) is 38.0 Å². The van der Waals surface area contributed by atoms with Gasteiger partial charge in [-0.3, -0.25) is 14.6 Å². The molecule has 9 nitrogen and oxygen atoms in total. The van der Waals surface area contributed by atoms with Gasteiger partial charge < -0.3 is 29.0 Å². The van der Waals surface area contributed by atoms with E-state index < -0.39 is 0 Å². The van der Waals surface area contributed by atoms with Gasteiger partial charge in [-0.25, -0.2) is 0 Å². The number of amides is 1. The van der Waals surface area contributed by atoms with Gasteiger partial charge in [0.1, 0.15) is 11.5 Å².